The average molecular weight is 493 g/mol. The van der Waals surface area contributed by atoms with Gasteiger partial charge in [-0.1, -0.05) is 94.7 Å². The molecule has 0 radical (unpaired) electrons. The summed E-state index contributed by atoms with van der Waals surface area (Å²) in [4.78, 5) is 12.9. The molecule has 4 heteroatoms. The zero-order valence-corrected chi connectivity index (χ0v) is 22.1. The molecule has 0 aliphatic heterocycles. The number of aliphatic carboxylic acids is 1. The van der Waals surface area contributed by atoms with Crippen molar-refractivity contribution < 1.29 is 14.6 Å². The topological polar surface area (TPSA) is 49.4 Å². The first-order chi connectivity index (χ1) is 17.1. The molecule has 0 unspecified atom stereocenters. The summed E-state index contributed by atoms with van der Waals surface area (Å²) in [6.45, 7) is 4.07. The van der Waals surface area contributed by atoms with Crippen LogP contribution in [0, 0.1) is 0 Å². The van der Waals surface area contributed by atoms with Gasteiger partial charge in [-0.3, -0.25) is 0 Å². The normalized spacial score (nSPS) is 10.5. The highest BCUT2D eigenvalue weighted by Crippen LogP contribution is 2.31. The van der Waals surface area contributed by atoms with Gasteiger partial charge < -0.3 is 14.6 Å². The molecule has 0 aromatic heterocycles. The van der Waals surface area contributed by atoms with Gasteiger partial charge in [0, 0.05) is 5.97 Å². The van der Waals surface area contributed by atoms with E-state index in [-0.39, 0.29) is 10.9 Å². The molecule has 0 amide bonds. The van der Waals surface area contributed by atoms with E-state index < -0.39 is 5.97 Å². The minimum absolute atomic E-state index is 0.0931. The Morgan fingerprint density at radius 2 is 1.06 bits per heavy atom. The number of rotatable bonds is 14. The van der Waals surface area contributed by atoms with Crippen molar-refractivity contribution in [2.24, 2.45) is 0 Å². The minimum Gasteiger partial charge on any atom is -0.550 e. The molecule has 3 aromatic carbocycles. The van der Waals surface area contributed by atoms with E-state index in [1.165, 1.54) is 66.1 Å². The van der Waals surface area contributed by atoms with Crippen LogP contribution in [0.3, 0.4) is 0 Å². The van der Waals surface area contributed by atoms with Crippen molar-refractivity contribution in [2.75, 3.05) is 6.61 Å². The van der Waals surface area contributed by atoms with Gasteiger partial charge in [0.2, 0.25) is 0 Å². The fourth-order valence-electron chi connectivity index (χ4n) is 3.80. The van der Waals surface area contributed by atoms with Crippen LogP contribution in [0.15, 0.2) is 99.6 Å². The highest BCUT2D eigenvalue weighted by Gasteiger charge is 2.28. The predicted octanol–water partition coefficient (Wildman–Crippen LogP) is 7.45. The third kappa shape index (κ3) is 12.0. The van der Waals surface area contributed by atoms with E-state index in [4.69, 9.17) is 14.6 Å². The maximum Gasteiger partial charge on any atom is 0.166 e. The Kier molecular flexibility index (Phi) is 14.4. The molecular weight excluding hydrogens is 452 g/mol. The second kappa shape index (κ2) is 17.7. The summed E-state index contributed by atoms with van der Waals surface area (Å²) in [7, 11) is -0.0931. The predicted molar refractivity (Wildman–Crippen MR) is 145 cm³/mol. The molecule has 3 aromatic rings. The Morgan fingerprint density at radius 3 is 1.51 bits per heavy atom. The molecule has 0 saturated carbocycles. The smallest absolute Gasteiger partial charge is 0.166 e. The van der Waals surface area contributed by atoms with Gasteiger partial charge in [-0.25, -0.2) is 0 Å². The molecule has 0 saturated heterocycles. The second-order valence-corrected chi connectivity index (χ2v) is 10.6. The van der Waals surface area contributed by atoms with Crippen molar-refractivity contribution in [1.29, 1.82) is 0 Å². The maximum absolute atomic E-state index is 8.89. The van der Waals surface area contributed by atoms with Gasteiger partial charge in [0.1, 0.15) is 5.75 Å². The van der Waals surface area contributed by atoms with E-state index in [1.54, 1.807) is 0 Å². The van der Waals surface area contributed by atoms with Crippen molar-refractivity contribution in [3.8, 4) is 5.75 Å². The summed E-state index contributed by atoms with van der Waals surface area (Å²) in [6.07, 6.45) is 12.1. The number of carbonyl (C=O) groups excluding carboxylic acids is 1. The van der Waals surface area contributed by atoms with Gasteiger partial charge in [-0.05, 0) is 61.9 Å². The molecule has 0 atom stereocenters. The third-order valence-electron chi connectivity index (χ3n) is 5.53. The second-order valence-electron chi connectivity index (χ2n) is 8.57. The number of carboxylic acid groups (broad SMARTS) is 1. The lowest BCUT2D eigenvalue weighted by molar-refractivity contribution is -0.302. The van der Waals surface area contributed by atoms with Gasteiger partial charge in [0.25, 0.3) is 0 Å². The molecule has 35 heavy (non-hydrogen) atoms. The molecule has 0 N–H and O–H groups in total. The zero-order valence-electron chi connectivity index (χ0n) is 21.3. The fourth-order valence-corrected chi connectivity index (χ4v) is 5.88. The Balaban J connectivity index is 0.00000100. The van der Waals surface area contributed by atoms with Crippen LogP contribution in [-0.4, -0.2) is 12.6 Å². The van der Waals surface area contributed by atoms with E-state index in [0.717, 1.165) is 25.7 Å². The van der Waals surface area contributed by atoms with Crippen molar-refractivity contribution in [1.82, 2.24) is 0 Å². The van der Waals surface area contributed by atoms with Gasteiger partial charge in [0.15, 0.2) is 14.7 Å². The molecule has 3 rings (SSSR count). The molecular formula is C31H40O3S. The molecule has 0 heterocycles. The van der Waals surface area contributed by atoms with E-state index >= 15 is 0 Å². The van der Waals surface area contributed by atoms with Crippen molar-refractivity contribution in [3.05, 3.63) is 84.9 Å². The van der Waals surface area contributed by atoms with E-state index in [2.05, 4.69) is 91.9 Å². The quantitative estimate of drug-likeness (QED) is 0.173. The lowest BCUT2D eigenvalue weighted by atomic mass is 10.1. The van der Waals surface area contributed by atoms with Gasteiger partial charge in [-0.15, -0.1) is 0 Å². The third-order valence-corrected chi connectivity index (χ3v) is 7.76. The summed E-state index contributed by atoms with van der Waals surface area (Å²) in [5, 5.41) is 8.89. The number of hydrogen-bond donors (Lipinski definition) is 0. The SMILES string of the molecule is CC(=O)[O-].CCCCCCCCCCCOc1ccc([S+](c2ccccc2)c2ccccc2)cc1. The fraction of sp³-hybridized carbons (Fsp3) is 0.387. The van der Waals surface area contributed by atoms with Gasteiger partial charge in [0.05, 0.1) is 17.5 Å². The zero-order chi connectivity index (χ0) is 25.1. The number of benzene rings is 3. The molecule has 0 spiro atoms. The number of hydrogen-bond acceptors (Lipinski definition) is 3. The molecule has 188 valence electrons. The highest BCUT2D eigenvalue weighted by molar-refractivity contribution is 7.97. The lowest BCUT2D eigenvalue weighted by Crippen LogP contribution is -2.16. The largest absolute Gasteiger partial charge is 0.550 e. The summed E-state index contributed by atoms with van der Waals surface area (Å²) >= 11 is 0. The minimum atomic E-state index is -1.08. The van der Waals surface area contributed by atoms with Crippen LogP contribution in [0.1, 0.15) is 71.6 Å². The van der Waals surface area contributed by atoms with Crippen LogP contribution in [0.4, 0.5) is 0 Å². The Hall–Kier alpha value is -2.72. The summed E-state index contributed by atoms with van der Waals surface area (Å²) in [6, 6.07) is 30.3. The van der Waals surface area contributed by atoms with Crippen molar-refractivity contribution in [3.63, 3.8) is 0 Å². The molecule has 0 fully saturated rings. The Labute approximate surface area is 214 Å². The van der Waals surface area contributed by atoms with E-state index in [1.807, 2.05) is 0 Å². The Bertz CT molecular complexity index is 883. The molecule has 0 aliphatic carbocycles. The summed E-state index contributed by atoms with van der Waals surface area (Å²) < 4.78 is 6.01. The number of carbonyl (C=O) groups is 1. The Morgan fingerprint density at radius 1 is 0.657 bits per heavy atom. The first-order valence-corrected chi connectivity index (χ1v) is 14.1. The highest BCUT2D eigenvalue weighted by atomic mass is 32.2. The van der Waals surface area contributed by atoms with Crippen LogP contribution in [0.5, 0.6) is 5.75 Å². The van der Waals surface area contributed by atoms with E-state index in [9.17, 15) is 0 Å². The monoisotopic (exact) mass is 492 g/mol. The molecule has 0 aliphatic rings. The van der Waals surface area contributed by atoms with Crippen LogP contribution < -0.4 is 9.84 Å². The number of ether oxygens (including phenoxy) is 1. The number of unbranched alkanes of at least 4 members (excludes halogenated alkanes) is 8. The maximum atomic E-state index is 8.89. The van der Waals surface area contributed by atoms with Crippen LogP contribution in [-0.2, 0) is 15.7 Å². The molecule has 3 nitrogen and oxygen atoms in total. The van der Waals surface area contributed by atoms with Crippen molar-refractivity contribution >= 4 is 16.9 Å². The summed E-state index contributed by atoms with van der Waals surface area (Å²) in [5.41, 5.74) is 0. The standard InChI is InChI=1S/C29H37OS.C2H4O2/c1-2-3-4-5-6-7-8-9-16-25-30-26-21-23-29(24-22-26)31(27-17-12-10-13-18-27)28-19-14-11-15-20-28;1-2(3)4/h10-15,17-24H,2-9,16,25H2,1H3;1H3,(H,3,4)/q+1;/p-1. The van der Waals surface area contributed by atoms with Crippen LogP contribution in [0.25, 0.3) is 0 Å². The lowest BCUT2D eigenvalue weighted by Gasteiger charge is -2.09. The van der Waals surface area contributed by atoms with Gasteiger partial charge >= 0.3 is 0 Å². The number of carboxylic acids is 1. The first kappa shape index (κ1) is 28.5. The van der Waals surface area contributed by atoms with Crippen LogP contribution in [0.2, 0.25) is 0 Å². The average Bonchev–Trinajstić information content (AvgIpc) is 2.87. The first-order valence-electron chi connectivity index (χ1n) is 12.9. The van der Waals surface area contributed by atoms with Gasteiger partial charge in [-0.2, -0.15) is 0 Å². The summed E-state index contributed by atoms with van der Waals surface area (Å²) in [5.74, 6) is -0.104. The van der Waals surface area contributed by atoms with Crippen molar-refractivity contribution in [2.45, 2.75) is 86.3 Å². The molecule has 0 bridgehead atoms. The van der Waals surface area contributed by atoms with Crippen LogP contribution >= 0.6 is 0 Å². The van der Waals surface area contributed by atoms with E-state index in [0.29, 0.717) is 0 Å².